The Bertz CT molecular complexity index is 138. The van der Waals surface area contributed by atoms with Crippen LogP contribution in [0.25, 0.3) is 0 Å². The molecule has 0 atom stereocenters. The van der Waals surface area contributed by atoms with Gasteiger partial charge in [-0.1, -0.05) is 67.1 Å². The average molecular weight is 261 g/mol. The molecule has 14 heavy (non-hydrogen) atoms. The maximum atomic E-state index is 3.57. The minimum atomic E-state index is 1.07. The summed E-state index contributed by atoms with van der Waals surface area (Å²) < 4.78 is 0. The van der Waals surface area contributed by atoms with Gasteiger partial charge < -0.3 is 0 Å². The van der Waals surface area contributed by atoms with Gasteiger partial charge in [-0.05, 0) is 25.7 Å². The number of unbranched alkanes of at least 4 members (excludes halogenated alkanes) is 5. The fraction of sp³-hybridized carbons (Fsp3) is 0.846. The first kappa shape index (κ1) is 14.2. The van der Waals surface area contributed by atoms with E-state index in [4.69, 9.17) is 0 Å². The fourth-order valence-corrected chi connectivity index (χ4v) is 2.04. The highest BCUT2D eigenvalue weighted by Gasteiger charge is 1.95. The summed E-state index contributed by atoms with van der Waals surface area (Å²) in [4.78, 5) is 0. The van der Waals surface area contributed by atoms with E-state index in [1.807, 2.05) is 0 Å². The van der Waals surface area contributed by atoms with Crippen LogP contribution in [0.15, 0.2) is 11.6 Å². The van der Waals surface area contributed by atoms with Gasteiger partial charge in [-0.25, -0.2) is 0 Å². The molecular formula is C13H25Br. The van der Waals surface area contributed by atoms with Gasteiger partial charge in [0, 0.05) is 5.33 Å². The second-order valence-electron chi connectivity index (χ2n) is 3.95. The first-order valence-electron chi connectivity index (χ1n) is 6.09. The van der Waals surface area contributed by atoms with Gasteiger partial charge in [-0.2, -0.15) is 0 Å². The van der Waals surface area contributed by atoms with E-state index in [0.29, 0.717) is 0 Å². The van der Waals surface area contributed by atoms with Crippen molar-refractivity contribution < 1.29 is 0 Å². The third kappa shape index (κ3) is 8.80. The van der Waals surface area contributed by atoms with Crippen LogP contribution in [0.4, 0.5) is 0 Å². The molecule has 0 aliphatic heterocycles. The van der Waals surface area contributed by atoms with Gasteiger partial charge in [0.25, 0.3) is 0 Å². The van der Waals surface area contributed by atoms with Crippen molar-refractivity contribution in [1.82, 2.24) is 0 Å². The Hall–Kier alpha value is 0.220. The molecule has 0 N–H and O–H groups in total. The topological polar surface area (TPSA) is 0 Å². The third-order valence-electron chi connectivity index (χ3n) is 2.51. The van der Waals surface area contributed by atoms with E-state index in [1.165, 1.54) is 51.4 Å². The number of rotatable bonds is 9. The van der Waals surface area contributed by atoms with Crippen molar-refractivity contribution in [2.45, 2.75) is 65.2 Å². The summed E-state index contributed by atoms with van der Waals surface area (Å²) in [5, 5.41) is 1.07. The van der Waals surface area contributed by atoms with Crippen LogP contribution in [-0.2, 0) is 0 Å². The normalized spacial score (nSPS) is 12.1. The lowest BCUT2D eigenvalue weighted by Crippen LogP contribution is -1.86. The largest absolute Gasteiger partial charge is 0.0880 e. The third-order valence-corrected chi connectivity index (χ3v) is 3.23. The van der Waals surface area contributed by atoms with E-state index in [0.717, 1.165) is 5.33 Å². The first-order valence-corrected chi connectivity index (χ1v) is 7.21. The van der Waals surface area contributed by atoms with Gasteiger partial charge in [-0.15, -0.1) is 0 Å². The minimum absolute atomic E-state index is 1.07. The van der Waals surface area contributed by atoms with Crippen LogP contribution < -0.4 is 0 Å². The molecule has 0 nitrogen and oxygen atoms in total. The van der Waals surface area contributed by atoms with Gasteiger partial charge in [0.1, 0.15) is 0 Å². The molecule has 0 bridgehead atoms. The molecule has 0 fully saturated rings. The molecule has 0 radical (unpaired) electrons. The van der Waals surface area contributed by atoms with Crippen LogP contribution in [0.5, 0.6) is 0 Å². The van der Waals surface area contributed by atoms with E-state index in [1.54, 1.807) is 5.57 Å². The highest BCUT2D eigenvalue weighted by molar-refractivity contribution is 9.09. The molecule has 0 aliphatic rings. The Kier molecular flexibility index (Phi) is 11.5. The Morgan fingerprint density at radius 2 is 1.64 bits per heavy atom. The monoisotopic (exact) mass is 260 g/mol. The molecule has 84 valence electrons. The van der Waals surface area contributed by atoms with Crippen molar-refractivity contribution in [2.75, 3.05) is 5.33 Å². The molecule has 0 rings (SSSR count). The zero-order chi connectivity index (χ0) is 10.6. The SMILES string of the molecule is CCCCC/C=C(\CBr)CCCCC. The number of halogens is 1. The summed E-state index contributed by atoms with van der Waals surface area (Å²) in [7, 11) is 0. The molecule has 0 amide bonds. The molecule has 0 saturated heterocycles. The average Bonchev–Trinajstić information content (AvgIpc) is 2.22. The van der Waals surface area contributed by atoms with Crippen LogP contribution in [0, 0.1) is 0 Å². The van der Waals surface area contributed by atoms with Gasteiger partial charge in [0.15, 0.2) is 0 Å². The lowest BCUT2D eigenvalue weighted by molar-refractivity contribution is 0.702. The Morgan fingerprint density at radius 1 is 1.00 bits per heavy atom. The number of alkyl halides is 1. The molecule has 0 aromatic heterocycles. The van der Waals surface area contributed by atoms with E-state index in [9.17, 15) is 0 Å². The predicted molar refractivity (Wildman–Crippen MR) is 70.2 cm³/mol. The smallest absolute Gasteiger partial charge is 0.0241 e. The number of hydrogen-bond donors (Lipinski definition) is 0. The van der Waals surface area contributed by atoms with Gasteiger partial charge in [-0.3, -0.25) is 0 Å². The zero-order valence-electron chi connectivity index (χ0n) is 9.82. The summed E-state index contributed by atoms with van der Waals surface area (Å²) in [6, 6.07) is 0. The van der Waals surface area contributed by atoms with Gasteiger partial charge in [0.05, 0.1) is 0 Å². The standard InChI is InChI=1S/C13H25Br/c1-3-5-7-9-11-13(12-14)10-8-6-4-2/h11H,3-10,12H2,1-2H3/b13-11-. The molecule has 0 aromatic rings. The highest BCUT2D eigenvalue weighted by Crippen LogP contribution is 2.13. The van der Waals surface area contributed by atoms with Gasteiger partial charge in [0.2, 0.25) is 0 Å². The maximum Gasteiger partial charge on any atom is 0.0241 e. The van der Waals surface area contributed by atoms with Crippen molar-refractivity contribution in [3.8, 4) is 0 Å². The van der Waals surface area contributed by atoms with Gasteiger partial charge >= 0.3 is 0 Å². The Balaban J connectivity index is 3.53. The van der Waals surface area contributed by atoms with Crippen LogP contribution in [0.1, 0.15) is 65.2 Å². The lowest BCUT2D eigenvalue weighted by Gasteiger charge is -2.03. The maximum absolute atomic E-state index is 3.57. The molecule has 0 saturated carbocycles. The van der Waals surface area contributed by atoms with E-state index in [-0.39, 0.29) is 0 Å². The molecule has 0 aromatic carbocycles. The lowest BCUT2D eigenvalue weighted by atomic mass is 10.1. The van der Waals surface area contributed by atoms with Crippen LogP contribution >= 0.6 is 15.9 Å². The van der Waals surface area contributed by atoms with E-state index < -0.39 is 0 Å². The predicted octanol–water partition coefficient (Wildman–Crippen LogP) is 5.47. The van der Waals surface area contributed by atoms with E-state index >= 15 is 0 Å². The summed E-state index contributed by atoms with van der Waals surface area (Å²) in [5.74, 6) is 0. The molecule has 0 spiro atoms. The minimum Gasteiger partial charge on any atom is -0.0880 e. The van der Waals surface area contributed by atoms with Crippen molar-refractivity contribution >= 4 is 15.9 Å². The second-order valence-corrected chi connectivity index (χ2v) is 4.51. The summed E-state index contributed by atoms with van der Waals surface area (Å²) >= 11 is 3.57. The molecule has 0 aliphatic carbocycles. The van der Waals surface area contributed by atoms with Crippen molar-refractivity contribution in [3.05, 3.63) is 11.6 Å². The zero-order valence-corrected chi connectivity index (χ0v) is 11.4. The van der Waals surface area contributed by atoms with E-state index in [2.05, 4.69) is 35.9 Å². The quantitative estimate of drug-likeness (QED) is 0.293. The Morgan fingerprint density at radius 3 is 2.21 bits per heavy atom. The summed E-state index contributed by atoms with van der Waals surface area (Å²) in [6.07, 6.45) is 13.1. The van der Waals surface area contributed by atoms with Crippen molar-refractivity contribution in [2.24, 2.45) is 0 Å². The Labute approximate surface area is 98.3 Å². The molecule has 0 heterocycles. The van der Waals surface area contributed by atoms with Crippen molar-refractivity contribution in [1.29, 1.82) is 0 Å². The summed E-state index contributed by atoms with van der Waals surface area (Å²) in [6.45, 7) is 4.52. The number of allylic oxidation sites excluding steroid dienone is 2. The fourth-order valence-electron chi connectivity index (χ4n) is 1.53. The number of hydrogen-bond acceptors (Lipinski definition) is 0. The second kappa shape index (κ2) is 11.3. The van der Waals surface area contributed by atoms with Crippen LogP contribution in [0.2, 0.25) is 0 Å². The van der Waals surface area contributed by atoms with Crippen LogP contribution in [0.3, 0.4) is 0 Å². The van der Waals surface area contributed by atoms with Crippen molar-refractivity contribution in [3.63, 3.8) is 0 Å². The molecular weight excluding hydrogens is 236 g/mol. The molecule has 1 heteroatoms. The molecule has 0 unspecified atom stereocenters. The highest BCUT2D eigenvalue weighted by atomic mass is 79.9. The van der Waals surface area contributed by atoms with Crippen LogP contribution in [-0.4, -0.2) is 5.33 Å². The first-order chi connectivity index (χ1) is 6.85. The summed E-state index contributed by atoms with van der Waals surface area (Å²) in [5.41, 5.74) is 1.61.